The van der Waals surface area contributed by atoms with E-state index >= 15 is 0 Å². The van der Waals surface area contributed by atoms with E-state index in [4.69, 9.17) is 406 Å². The van der Waals surface area contributed by atoms with Crippen molar-refractivity contribution in [3.63, 3.8) is 0 Å². The lowest BCUT2D eigenvalue weighted by molar-refractivity contribution is 0.420. The highest BCUT2D eigenvalue weighted by Crippen LogP contribution is 2.78. The summed E-state index contributed by atoms with van der Waals surface area (Å²) in [5.41, 5.74) is 0. The van der Waals surface area contributed by atoms with Gasteiger partial charge in [0.2, 0.25) is 0 Å². The molecule has 77 heavy (non-hydrogen) atoms. The van der Waals surface area contributed by atoms with Gasteiger partial charge in [-0.1, -0.05) is 175 Å². The van der Waals surface area contributed by atoms with Crippen LogP contribution in [0.5, 0.6) is 11.5 Å². The van der Waals surface area contributed by atoms with Gasteiger partial charge in [0.1, 0.15) is 29.8 Å². The predicted molar refractivity (Wildman–Crippen MR) is 356 cm³/mol. The van der Waals surface area contributed by atoms with Crippen LogP contribution in [0.2, 0.25) is 50.2 Å². The fraction of sp³-hybridized carbons (Fsp3) is 0.600. The first kappa shape index (κ1) is 78.9. The Morgan fingerprint density at radius 1 is 0.260 bits per heavy atom. The van der Waals surface area contributed by atoms with Crippen LogP contribution in [0.3, 0.4) is 0 Å². The quantitative estimate of drug-likeness (QED) is 0.119. The molecule has 2 N–H and O–H groups in total. The number of hydrogen-bond donors (Lipinski definition) is 2. The van der Waals surface area contributed by atoms with E-state index in [2.05, 4.69) is 0 Å². The Morgan fingerprint density at radius 2 is 0.429 bits per heavy atom. The number of halogens is 35. The van der Waals surface area contributed by atoms with E-state index in [1.807, 2.05) is 12.2 Å². The topological polar surface area (TPSA) is 40.5 Å². The van der Waals surface area contributed by atoms with Crippen molar-refractivity contribution < 1.29 is 10.2 Å². The molecule has 2 bridgehead atoms. The number of phenols is 2. The minimum atomic E-state index is -1.48. The average molecular weight is 1780 g/mol. The second-order valence-electron chi connectivity index (χ2n) is 16.3. The summed E-state index contributed by atoms with van der Waals surface area (Å²) >= 11 is 206. The first-order valence-electron chi connectivity index (χ1n) is 20.1. The third-order valence-electron chi connectivity index (χ3n) is 11.7. The number of rotatable bonds is 0. The van der Waals surface area contributed by atoms with Crippen molar-refractivity contribution in [2.75, 3.05) is 0 Å². The van der Waals surface area contributed by atoms with Crippen LogP contribution in [0.25, 0.3) is 0 Å². The zero-order valence-corrected chi connectivity index (χ0v) is 62.4. The molecule has 2 nitrogen and oxygen atoms in total. The van der Waals surface area contributed by atoms with Gasteiger partial charge in [-0.15, -0.1) is 244 Å². The van der Waals surface area contributed by atoms with E-state index in [0.717, 1.165) is 0 Å². The molecular formula is C40H25Cl35O2. The van der Waals surface area contributed by atoms with E-state index in [1.165, 1.54) is 0 Å². The van der Waals surface area contributed by atoms with Crippen molar-refractivity contribution in [1.29, 1.82) is 0 Å². The lowest BCUT2D eigenvalue weighted by Crippen LogP contribution is -2.52. The zero-order valence-electron chi connectivity index (χ0n) is 35.9. The first-order valence-corrected chi connectivity index (χ1v) is 34.5. The molecular weight excluding hydrogens is 1750 g/mol. The number of fused-ring (bicyclic) bond motifs is 5. The SMILES string of the molecule is ClC1=C(Cl)C2(Cl)C3C(Cl)C=CC3C1(Cl)C2(Cl)Cl.Cl[C@H]1[C@H](Cl)[C@@H](Cl)[C@@H](Cl)[C@H](Cl)[C@H]1Cl.Cl[C@H]1[C@H](Cl)[C@@H](Cl)[C@@H](Cl)[C@H](Cl)[C@H]1Cl.Cl[C@H]1[C@H](Cl)[C@@H](Cl)[C@@H](Cl)[C@H](Cl)[C@H]1Cl.Oc1c(Cl)c(Cl)c(Cl)c(Cl)c1Cl.Oc1c(Cl)c(Cl)c(Cl)c(Cl)c1Cl. The molecule has 0 spiro atoms. The fourth-order valence-electron chi connectivity index (χ4n) is 7.43. The van der Waals surface area contributed by atoms with Crippen molar-refractivity contribution in [3.8, 4) is 11.5 Å². The van der Waals surface area contributed by atoms with E-state index in [0.29, 0.717) is 0 Å². The Morgan fingerprint density at radius 3 is 0.623 bits per heavy atom. The van der Waals surface area contributed by atoms with Gasteiger partial charge in [-0.05, 0) is 0 Å². The van der Waals surface area contributed by atoms with Gasteiger partial charge in [-0.2, -0.15) is 0 Å². The van der Waals surface area contributed by atoms with Gasteiger partial charge in [-0.3, -0.25) is 0 Å². The summed E-state index contributed by atoms with van der Waals surface area (Å²) in [7, 11) is 0. The number of benzene rings is 2. The van der Waals surface area contributed by atoms with Gasteiger partial charge >= 0.3 is 0 Å². The van der Waals surface area contributed by atoms with Gasteiger partial charge in [0.25, 0.3) is 0 Å². The normalized spacial score (nSPS) is 41.3. The predicted octanol–water partition coefficient (Wildman–Crippen LogP) is 25.5. The second kappa shape index (κ2) is 32.5. The molecule has 37 heteroatoms. The van der Waals surface area contributed by atoms with Gasteiger partial charge in [0.15, 0.2) is 15.8 Å². The molecule has 6 aliphatic carbocycles. The molecule has 0 aliphatic heterocycles. The maximum absolute atomic E-state index is 9.20. The summed E-state index contributed by atoms with van der Waals surface area (Å²) in [5.74, 6) is -1.20. The van der Waals surface area contributed by atoms with E-state index in [9.17, 15) is 10.2 Å². The summed E-state index contributed by atoms with van der Waals surface area (Å²) < 4.78 is -1.48. The summed E-state index contributed by atoms with van der Waals surface area (Å²) in [6.45, 7) is 0. The van der Waals surface area contributed by atoms with Gasteiger partial charge in [0, 0.05) is 11.8 Å². The standard InChI is InChI=1S/C10H5Cl7.3C6H6Cl6.2C6HCl5O/c11-4-2-1-3-5(4)9(15)7(13)6(12)8(3,14)10(9,16)17;5*7-1-2(8)4(10)6(12)5(11)3(1)9/h1-5H;3*1-6H;2*12H/t;3*1-,2-,3-,4+,5+,6+;;. The van der Waals surface area contributed by atoms with Crippen LogP contribution in [0.4, 0.5) is 0 Å². The second-order valence-corrected chi connectivity index (χ2v) is 33.0. The fourth-order valence-corrected chi connectivity index (χ4v) is 20.2. The maximum Gasteiger partial charge on any atom is 0.167 e. The summed E-state index contributed by atoms with van der Waals surface area (Å²) in [6.07, 6.45) is 3.69. The molecule has 8 rings (SSSR count). The Bertz CT molecular complexity index is 1910. The Kier molecular flexibility index (Phi) is 33.3. The van der Waals surface area contributed by atoms with Crippen LogP contribution < -0.4 is 0 Å². The average Bonchev–Trinajstić information content (AvgIpc) is 3.91. The molecule has 0 radical (unpaired) electrons. The smallest absolute Gasteiger partial charge is 0.167 e. The summed E-state index contributed by atoms with van der Waals surface area (Å²) in [6, 6.07) is 0. The third kappa shape index (κ3) is 16.0. The van der Waals surface area contributed by atoms with Gasteiger partial charge < -0.3 is 10.2 Å². The van der Waals surface area contributed by atoms with Crippen molar-refractivity contribution in [2.24, 2.45) is 11.8 Å². The van der Waals surface area contributed by atoms with Gasteiger partial charge in [0.05, 0.1) is 142 Å². The minimum absolute atomic E-state index is 0.00904. The number of phenolic OH excluding ortho intramolecular Hbond substituents is 2. The van der Waals surface area contributed by atoms with Crippen molar-refractivity contribution in [2.45, 2.75) is 116 Å². The molecule has 442 valence electrons. The monoisotopic (exact) mass is 1760 g/mol. The van der Waals surface area contributed by atoms with E-state index in [-0.39, 0.29) is 89.0 Å². The third-order valence-corrected chi connectivity index (χ3v) is 33.1. The molecule has 4 saturated carbocycles. The zero-order chi connectivity index (χ0) is 60.1. The molecule has 0 aromatic heterocycles. The Labute approximate surface area is 619 Å². The van der Waals surface area contributed by atoms with Crippen LogP contribution >= 0.6 is 406 Å². The highest BCUT2D eigenvalue weighted by atomic mass is 35.5. The molecule has 0 amide bonds. The molecule has 0 heterocycles. The lowest BCUT2D eigenvalue weighted by Gasteiger charge is -2.37. The number of alkyl halides is 23. The molecule has 0 saturated heterocycles. The van der Waals surface area contributed by atoms with Crippen LogP contribution in [0, 0.1) is 11.8 Å². The van der Waals surface area contributed by atoms with Crippen LogP contribution in [0.1, 0.15) is 0 Å². The number of hydrogen-bond acceptors (Lipinski definition) is 2. The number of allylic oxidation sites excluding steroid dienone is 4. The first-order chi connectivity index (χ1) is 35.0. The van der Waals surface area contributed by atoms with Crippen LogP contribution in [-0.4, -0.2) is 126 Å². The van der Waals surface area contributed by atoms with Crippen molar-refractivity contribution in [1.82, 2.24) is 0 Å². The number of aromatic hydroxyl groups is 2. The summed E-state index contributed by atoms with van der Waals surface area (Å²) in [5, 5.41) is 10.3. The van der Waals surface area contributed by atoms with Crippen molar-refractivity contribution in [3.05, 3.63) is 72.4 Å². The van der Waals surface area contributed by atoms with E-state index in [1.54, 1.807) is 0 Å². The Hall–Kier alpha value is 7.67. The minimum Gasteiger partial charge on any atom is -0.505 e. The molecule has 5 atom stereocenters. The molecule has 4 fully saturated rings. The van der Waals surface area contributed by atoms with Crippen molar-refractivity contribution >= 4 is 406 Å². The highest BCUT2D eigenvalue weighted by molar-refractivity contribution is 6.66. The maximum atomic E-state index is 9.20. The lowest BCUT2D eigenvalue weighted by atomic mass is 9.84. The Balaban J connectivity index is 0.000000245. The summed E-state index contributed by atoms with van der Waals surface area (Å²) in [4.78, 5) is -2.45. The molecule has 2 aromatic carbocycles. The highest BCUT2D eigenvalue weighted by Gasteiger charge is 2.83. The largest absolute Gasteiger partial charge is 0.505 e. The van der Waals surface area contributed by atoms with Crippen LogP contribution in [-0.2, 0) is 0 Å². The van der Waals surface area contributed by atoms with Gasteiger partial charge in [-0.25, -0.2) is 0 Å². The molecule has 5 unspecified atom stereocenters. The molecule has 6 aliphatic rings. The van der Waals surface area contributed by atoms with E-state index < -0.39 is 111 Å². The molecule has 2 aromatic rings. The van der Waals surface area contributed by atoms with Crippen LogP contribution in [0.15, 0.2) is 22.2 Å².